The maximum absolute atomic E-state index is 15.6. The zero-order valence-electron chi connectivity index (χ0n) is 16.0. The van der Waals surface area contributed by atoms with Crippen molar-refractivity contribution >= 4 is 34.3 Å². The van der Waals surface area contributed by atoms with Crippen LogP contribution in [0, 0.1) is 11.6 Å². The molecule has 2 aliphatic heterocycles. The predicted molar refractivity (Wildman–Crippen MR) is 105 cm³/mol. The average molecular weight is 427 g/mol. The fourth-order valence-electron chi connectivity index (χ4n) is 3.79. The molecular weight excluding hydrogens is 407 g/mol. The molecule has 2 aliphatic rings. The van der Waals surface area contributed by atoms with Gasteiger partial charge in [0.1, 0.15) is 29.1 Å². The number of rotatable bonds is 4. The highest BCUT2D eigenvalue weighted by Crippen LogP contribution is 2.48. The van der Waals surface area contributed by atoms with Gasteiger partial charge in [-0.15, -0.1) is 0 Å². The van der Waals surface area contributed by atoms with Gasteiger partial charge >= 0.3 is 5.97 Å². The summed E-state index contributed by atoms with van der Waals surface area (Å²) in [7, 11) is 1.92. The van der Waals surface area contributed by atoms with E-state index in [0.29, 0.717) is 26.2 Å². The van der Waals surface area contributed by atoms with Crippen molar-refractivity contribution in [3.8, 4) is 0 Å². The second-order valence-electron chi connectivity index (χ2n) is 7.03. The van der Waals surface area contributed by atoms with Crippen LogP contribution in [0.2, 0.25) is 0 Å². The zero-order valence-corrected chi connectivity index (χ0v) is 16.8. The lowest BCUT2D eigenvalue weighted by Gasteiger charge is -2.36. The number of carbonyl (C=O) groups excluding carboxylic acids is 1. The highest BCUT2D eigenvalue weighted by molar-refractivity contribution is 8.00. The first kappa shape index (κ1) is 20.1. The van der Waals surface area contributed by atoms with Gasteiger partial charge < -0.3 is 19.1 Å². The number of hydrogen-bond donors (Lipinski definition) is 0. The van der Waals surface area contributed by atoms with Crippen LogP contribution in [0.15, 0.2) is 15.9 Å². The molecule has 29 heavy (non-hydrogen) atoms. The first-order valence-corrected chi connectivity index (χ1v) is 10.2. The summed E-state index contributed by atoms with van der Waals surface area (Å²) in [5, 5.41) is -0.927. The lowest BCUT2D eigenvalue weighted by atomic mass is 10.1. The van der Waals surface area contributed by atoms with Crippen LogP contribution in [0.4, 0.5) is 18.9 Å². The molecule has 1 unspecified atom stereocenters. The number of thioether (sulfide) groups is 1. The van der Waals surface area contributed by atoms with Crippen LogP contribution in [0.3, 0.4) is 0 Å². The third-order valence-electron chi connectivity index (χ3n) is 5.28. The van der Waals surface area contributed by atoms with Crippen LogP contribution in [0.1, 0.15) is 22.7 Å². The molecule has 0 N–H and O–H groups in total. The van der Waals surface area contributed by atoms with Gasteiger partial charge in [-0.25, -0.2) is 18.0 Å². The maximum Gasteiger partial charge on any atom is 0.344 e. The minimum atomic E-state index is -0.905. The Morgan fingerprint density at radius 3 is 2.59 bits per heavy atom. The highest BCUT2D eigenvalue weighted by atomic mass is 32.2. The smallest absolute Gasteiger partial charge is 0.344 e. The number of nitrogens with zero attached hydrogens (tertiary/aromatic N) is 3. The van der Waals surface area contributed by atoms with Crippen molar-refractivity contribution in [1.29, 1.82) is 0 Å². The maximum atomic E-state index is 15.6. The molecule has 0 bridgehead atoms. The van der Waals surface area contributed by atoms with Gasteiger partial charge in [0.25, 0.3) is 0 Å². The number of ether oxygens (including phenoxy) is 1. The van der Waals surface area contributed by atoms with Gasteiger partial charge in [-0.05, 0) is 20.0 Å². The summed E-state index contributed by atoms with van der Waals surface area (Å²) >= 11 is 0.970. The number of hydrogen-bond acceptors (Lipinski definition) is 6. The van der Waals surface area contributed by atoms with Crippen molar-refractivity contribution in [2.75, 3.05) is 51.4 Å². The molecule has 156 valence electrons. The van der Waals surface area contributed by atoms with Crippen LogP contribution in [-0.2, 0) is 4.74 Å². The van der Waals surface area contributed by atoms with Gasteiger partial charge in [0.15, 0.2) is 5.82 Å². The molecule has 1 aromatic carbocycles. The van der Waals surface area contributed by atoms with E-state index in [1.807, 2.05) is 11.9 Å². The summed E-state index contributed by atoms with van der Waals surface area (Å²) in [6, 6.07) is 0.947. The van der Waals surface area contributed by atoms with Crippen molar-refractivity contribution in [3.05, 3.63) is 33.5 Å². The summed E-state index contributed by atoms with van der Waals surface area (Å²) < 4.78 is 50.2. The van der Waals surface area contributed by atoms with E-state index in [2.05, 4.69) is 0 Å². The number of halogens is 3. The Hall–Kier alpha value is -2.20. The van der Waals surface area contributed by atoms with E-state index in [0.717, 1.165) is 17.8 Å². The molecule has 10 heteroatoms. The topological polar surface area (TPSA) is 54.8 Å². The Bertz CT molecular complexity index is 1050. The fraction of sp³-hybridized carbons (Fsp3) is 0.474. The van der Waals surface area contributed by atoms with E-state index < -0.39 is 35.1 Å². The number of esters is 1. The molecule has 4 rings (SSSR count). The van der Waals surface area contributed by atoms with E-state index in [4.69, 9.17) is 4.74 Å². The second-order valence-corrected chi connectivity index (χ2v) is 8.20. The van der Waals surface area contributed by atoms with Crippen LogP contribution in [0.25, 0.3) is 10.9 Å². The molecule has 6 nitrogen and oxygen atoms in total. The average Bonchev–Trinajstić information content (AvgIpc) is 2.67. The minimum Gasteiger partial charge on any atom is -0.462 e. The number of carbonyl (C=O) groups is 1. The standard InChI is InChI=1S/C19H20F3N3O3S/c1-3-28-19(27)13-17(26)10-8-11(21)16(24-6-4-23(2)5-7-24)14(22)15(10)25-12(9-20)29-18(13)25/h8,12H,3-7,9H2,1-2H3. The molecule has 1 aromatic heterocycles. The normalized spacial score (nSPS) is 19.2. The van der Waals surface area contributed by atoms with Gasteiger partial charge in [-0.3, -0.25) is 4.79 Å². The largest absolute Gasteiger partial charge is 0.462 e. The van der Waals surface area contributed by atoms with Gasteiger partial charge in [0.2, 0.25) is 5.43 Å². The first-order valence-electron chi connectivity index (χ1n) is 9.32. The van der Waals surface area contributed by atoms with Crippen molar-refractivity contribution in [1.82, 2.24) is 9.47 Å². The Labute approximate surface area is 169 Å². The lowest BCUT2D eigenvalue weighted by Crippen LogP contribution is -2.45. The molecule has 3 heterocycles. The van der Waals surface area contributed by atoms with Crippen molar-refractivity contribution in [2.24, 2.45) is 0 Å². The summed E-state index contributed by atoms with van der Waals surface area (Å²) in [5.74, 6) is -2.66. The second kappa shape index (κ2) is 7.56. The Morgan fingerprint density at radius 2 is 1.97 bits per heavy atom. The summed E-state index contributed by atoms with van der Waals surface area (Å²) in [6.07, 6.45) is 0. The van der Waals surface area contributed by atoms with Crippen LogP contribution in [0.5, 0.6) is 0 Å². The number of alkyl halides is 1. The molecule has 0 spiro atoms. The van der Waals surface area contributed by atoms with E-state index in [-0.39, 0.29) is 33.8 Å². The van der Waals surface area contributed by atoms with Crippen molar-refractivity contribution < 1.29 is 22.7 Å². The number of piperazine rings is 1. The van der Waals surface area contributed by atoms with E-state index >= 15 is 4.39 Å². The summed E-state index contributed by atoms with van der Waals surface area (Å²) in [4.78, 5) is 28.8. The zero-order chi connectivity index (χ0) is 20.9. The van der Waals surface area contributed by atoms with Gasteiger partial charge in [0, 0.05) is 26.2 Å². The monoisotopic (exact) mass is 427 g/mol. The Kier molecular flexibility index (Phi) is 5.24. The third kappa shape index (κ3) is 3.09. The fourth-order valence-corrected chi connectivity index (χ4v) is 4.89. The van der Waals surface area contributed by atoms with Gasteiger partial charge in [0.05, 0.1) is 22.5 Å². The first-order chi connectivity index (χ1) is 13.9. The summed E-state index contributed by atoms with van der Waals surface area (Å²) in [6.45, 7) is 2.93. The molecule has 0 aliphatic carbocycles. The molecule has 1 fully saturated rings. The van der Waals surface area contributed by atoms with Crippen LogP contribution >= 0.6 is 11.8 Å². The molecular formula is C19H20F3N3O3S. The third-order valence-corrected chi connectivity index (χ3v) is 6.51. The number of likely N-dealkylation sites (N-methyl/N-ethyl adjacent to an activating group) is 1. The SMILES string of the molecule is CCOC(=O)c1c2n(c3c(F)c(N4CCN(C)CC4)c(F)cc3c1=O)C(CF)S2. The number of aromatic nitrogens is 1. The van der Waals surface area contributed by atoms with E-state index in [1.54, 1.807) is 11.8 Å². The van der Waals surface area contributed by atoms with E-state index in [1.165, 1.54) is 4.57 Å². The van der Waals surface area contributed by atoms with Crippen LogP contribution < -0.4 is 10.3 Å². The molecule has 0 amide bonds. The Morgan fingerprint density at radius 1 is 1.28 bits per heavy atom. The minimum absolute atomic E-state index is 0.0397. The molecule has 0 saturated carbocycles. The van der Waals surface area contributed by atoms with Crippen LogP contribution in [-0.4, -0.2) is 61.9 Å². The Balaban J connectivity index is 1.97. The van der Waals surface area contributed by atoms with Crippen molar-refractivity contribution in [2.45, 2.75) is 17.3 Å². The van der Waals surface area contributed by atoms with Crippen molar-refractivity contribution in [3.63, 3.8) is 0 Å². The molecule has 1 saturated heterocycles. The quantitative estimate of drug-likeness (QED) is 0.700. The lowest BCUT2D eigenvalue weighted by molar-refractivity contribution is 0.0518. The predicted octanol–water partition coefficient (Wildman–Crippen LogP) is 2.78. The number of benzene rings is 1. The number of pyridine rings is 1. The highest BCUT2D eigenvalue weighted by Gasteiger charge is 2.38. The molecule has 2 aromatic rings. The summed E-state index contributed by atoms with van der Waals surface area (Å²) in [5.41, 5.74) is -1.51. The van der Waals surface area contributed by atoms with Gasteiger partial charge in [-0.1, -0.05) is 11.8 Å². The number of anilines is 1. The van der Waals surface area contributed by atoms with Gasteiger partial charge in [-0.2, -0.15) is 0 Å². The van der Waals surface area contributed by atoms with E-state index in [9.17, 15) is 18.4 Å². The number of fused-ring (bicyclic) bond motifs is 3. The molecule has 1 atom stereocenters. The molecule has 0 radical (unpaired) electrons.